The van der Waals surface area contributed by atoms with Crippen molar-refractivity contribution in [3.8, 4) is 0 Å². The number of aromatic amines is 1. The fourth-order valence-electron chi connectivity index (χ4n) is 2.90. The fourth-order valence-corrected chi connectivity index (χ4v) is 2.90. The van der Waals surface area contributed by atoms with E-state index in [1.807, 2.05) is 17.8 Å². The average molecular weight is 313 g/mol. The third-order valence-electron chi connectivity index (χ3n) is 4.10. The third-order valence-corrected chi connectivity index (χ3v) is 4.10. The minimum Gasteiger partial charge on any atom is -0.338 e. The van der Waals surface area contributed by atoms with Gasteiger partial charge in [-0.15, -0.1) is 0 Å². The molecule has 22 heavy (non-hydrogen) atoms. The SMILES string of the molecule is Cn1nccc1CN1CCC[C@@H](c2ncc(C(F)(F)F)[nH]2)C1. The molecule has 0 amide bonds. The Kier molecular flexibility index (Phi) is 3.94. The number of alkyl halides is 3. The van der Waals surface area contributed by atoms with Gasteiger partial charge in [0.2, 0.25) is 0 Å². The second-order valence-electron chi connectivity index (χ2n) is 5.70. The number of hydrogen-bond donors (Lipinski definition) is 1. The van der Waals surface area contributed by atoms with Crippen molar-refractivity contribution in [3.05, 3.63) is 35.7 Å². The maximum atomic E-state index is 12.7. The van der Waals surface area contributed by atoms with E-state index in [9.17, 15) is 13.2 Å². The van der Waals surface area contributed by atoms with Gasteiger partial charge in [-0.3, -0.25) is 9.58 Å². The van der Waals surface area contributed by atoms with Crippen molar-refractivity contribution >= 4 is 0 Å². The molecule has 1 saturated heterocycles. The van der Waals surface area contributed by atoms with Crippen LogP contribution >= 0.6 is 0 Å². The van der Waals surface area contributed by atoms with Crippen molar-refractivity contribution in [2.75, 3.05) is 13.1 Å². The molecule has 0 radical (unpaired) electrons. The molecule has 120 valence electrons. The summed E-state index contributed by atoms with van der Waals surface area (Å²) in [6, 6.07) is 1.96. The highest BCUT2D eigenvalue weighted by atomic mass is 19.4. The molecule has 0 aromatic carbocycles. The largest absolute Gasteiger partial charge is 0.432 e. The van der Waals surface area contributed by atoms with Crippen LogP contribution in [0.5, 0.6) is 0 Å². The summed E-state index contributed by atoms with van der Waals surface area (Å²) in [5.41, 5.74) is 0.322. The lowest BCUT2D eigenvalue weighted by atomic mass is 9.97. The van der Waals surface area contributed by atoms with Crippen molar-refractivity contribution in [2.24, 2.45) is 7.05 Å². The zero-order chi connectivity index (χ0) is 15.7. The first-order valence-corrected chi connectivity index (χ1v) is 7.25. The van der Waals surface area contributed by atoms with Crippen LogP contribution in [-0.4, -0.2) is 37.7 Å². The first-order valence-electron chi connectivity index (χ1n) is 7.25. The highest BCUT2D eigenvalue weighted by Gasteiger charge is 2.34. The van der Waals surface area contributed by atoms with Gasteiger partial charge in [-0.2, -0.15) is 18.3 Å². The molecule has 3 rings (SSSR count). The van der Waals surface area contributed by atoms with Crippen molar-refractivity contribution in [2.45, 2.75) is 31.5 Å². The number of nitrogens with zero attached hydrogens (tertiary/aromatic N) is 4. The Bertz CT molecular complexity index is 630. The standard InChI is InChI=1S/C14H18F3N5/c1-21-11(4-5-19-21)9-22-6-2-3-10(8-22)13-18-7-12(20-13)14(15,16)17/h4-5,7,10H,2-3,6,8-9H2,1H3,(H,18,20)/t10-/m1/s1. The lowest BCUT2D eigenvalue weighted by Crippen LogP contribution is -2.34. The molecule has 1 aliphatic rings. The Morgan fingerprint density at radius 3 is 2.86 bits per heavy atom. The zero-order valence-electron chi connectivity index (χ0n) is 12.3. The fraction of sp³-hybridized carbons (Fsp3) is 0.571. The van der Waals surface area contributed by atoms with E-state index in [4.69, 9.17) is 0 Å². The van der Waals surface area contributed by atoms with Crippen LogP contribution in [0.25, 0.3) is 0 Å². The predicted octanol–water partition coefficient (Wildman–Crippen LogP) is 2.54. The summed E-state index contributed by atoms with van der Waals surface area (Å²) in [7, 11) is 1.89. The number of imidazole rings is 1. The molecule has 1 aliphatic heterocycles. The molecule has 0 bridgehead atoms. The second-order valence-corrected chi connectivity index (χ2v) is 5.70. The monoisotopic (exact) mass is 313 g/mol. The quantitative estimate of drug-likeness (QED) is 0.947. The molecular weight excluding hydrogens is 295 g/mol. The Morgan fingerprint density at radius 1 is 1.41 bits per heavy atom. The number of hydrogen-bond acceptors (Lipinski definition) is 3. The van der Waals surface area contributed by atoms with E-state index >= 15 is 0 Å². The highest BCUT2D eigenvalue weighted by molar-refractivity contribution is 5.10. The molecule has 0 aliphatic carbocycles. The molecule has 1 fully saturated rings. The van der Waals surface area contributed by atoms with Gasteiger partial charge in [-0.05, 0) is 25.5 Å². The van der Waals surface area contributed by atoms with E-state index in [1.54, 1.807) is 6.20 Å². The molecule has 0 saturated carbocycles. The van der Waals surface area contributed by atoms with Crippen LogP contribution in [-0.2, 0) is 19.8 Å². The molecule has 5 nitrogen and oxygen atoms in total. The number of aryl methyl sites for hydroxylation is 1. The Labute approximate surface area is 126 Å². The van der Waals surface area contributed by atoms with Gasteiger partial charge in [0.05, 0.1) is 11.9 Å². The third kappa shape index (κ3) is 3.16. The van der Waals surface area contributed by atoms with Crippen molar-refractivity contribution < 1.29 is 13.2 Å². The summed E-state index contributed by atoms with van der Waals surface area (Å²) < 4.78 is 39.8. The topological polar surface area (TPSA) is 49.7 Å². The summed E-state index contributed by atoms with van der Waals surface area (Å²) in [6.45, 7) is 2.39. The van der Waals surface area contributed by atoms with Crippen LogP contribution in [0, 0.1) is 0 Å². The molecule has 2 aromatic rings. The molecule has 0 spiro atoms. The van der Waals surface area contributed by atoms with E-state index in [1.165, 1.54) is 0 Å². The molecule has 8 heteroatoms. The number of nitrogens with one attached hydrogen (secondary N) is 1. The maximum absolute atomic E-state index is 12.7. The minimum absolute atomic E-state index is 0.0121. The molecule has 3 heterocycles. The summed E-state index contributed by atoms with van der Waals surface area (Å²) in [6.07, 6.45) is 0.0693. The maximum Gasteiger partial charge on any atom is 0.432 e. The Morgan fingerprint density at radius 2 is 2.23 bits per heavy atom. The zero-order valence-corrected chi connectivity index (χ0v) is 12.3. The summed E-state index contributed by atoms with van der Waals surface area (Å²) in [5.74, 6) is 0.445. The molecular formula is C14H18F3N5. The number of H-pyrrole nitrogens is 1. The number of likely N-dealkylation sites (tertiary alicyclic amines) is 1. The number of rotatable bonds is 3. The Balaban J connectivity index is 1.68. The highest BCUT2D eigenvalue weighted by Crippen LogP contribution is 2.31. The average Bonchev–Trinajstić information content (AvgIpc) is 3.09. The molecule has 0 unspecified atom stereocenters. The number of piperidine rings is 1. The lowest BCUT2D eigenvalue weighted by molar-refractivity contribution is -0.141. The Hall–Kier alpha value is -1.83. The van der Waals surface area contributed by atoms with Crippen LogP contribution in [0.4, 0.5) is 13.2 Å². The van der Waals surface area contributed by atoms with Crippen LogP contribution < -0.4 is 0 Å². The van der Waals surface area contributed by atoms with Crippen LogP contribution in [0.1, 0.15) is 36.0 Å². The van der Waals surface area contributed by atoms with E-state index in [0.717, 1.165) is 37.8 Å². The van der Waals surface area contributed by atoms with Gasteiger partial charge < -0.3 is 4.98 Å². The minimum atomic E-state index is -4.37. The van der Waals surface area contributed by atoms with Crippen molar-refractivity contribution in [1.29, 1.82) is 0 Å². The van der Waals surface area contributed by atoms with Gasteiger partial charge in [-0.25, -0.2) is 4.98 Å². The summed E-state index contributed by atoms with van der Waals surface area (Å²) in [5, 5.41) is 4.14. The van der Waals surface area contributed by atoms with E-state index in [0.29, 0.717) is 12.4 Å². The first kappa shape index (κ1) is 15.1. The lowest BCUT2D eigenvalue weighted by Gasteiger charge is -2.31. The van der Waals surface area contributed by atoms with Gasteiger partial charge in [0.1, 0.15) is 11.5 Å². The number of halogens is 3. The molecule has 2 aromatic heterocycles. The normalized spacial score (nSPS) is 20.5. The van der Waals surface area contributed by atoms with E-state index in [2.05, 4.69) is 20.0 Å². The molecule has 1 N–H and O–H groups in total. The summed E-state index contributed by atoms with van der Waals surface area (Å²) >= 11 is 0. The van der Waals surface area contributed by atoms with Gasteiger partial charge in [0.15, 0.2) is 0 Å². The van der Waals surface area contributed by atoms with Gasteiger partial charge >= 0.3 is 6.18 Å². The van der Waals surface area contributed by atoms with Crippen LogP contribution in [0.2, 0.25) is 0 Å². The number of aromatic nitrogens is 4. The van der Waals surface area contributed by atoms with Crippen LogP contribution in [0.15, 0.2) is 18.5 Å². The molecule has 1 atom stereocenters. The van der Waals surface area contributed by atoms with Crippen molar-refractivity contribution in [1.82, 2.24) is 24.6 Å². The smallest absolute Gasteiger partial charge is 0.338 e. The van der Waals surface area contributed by atoms with E-state index < -0.39 is 11.9 Å². The summed E-state index contributed by atoms with van der Waals surface area (Å²) in [4.78, 5) is 8.61. The van der Waals surface area contributed by atoms with E-state index in [-0.39, 0.29) is 5.92 Å². The van der Waals surface area contributed by atoms with Gasteiger partial charge in [0, 0.05) is 32.3 Å². The predicted molar refractivity (Wildman–Crippen MR) is 74.0 cm³/mol. The second kappa shape index (κ2) is 5.75. The van der Waals surface area contributed by atoms with Gasteiger partial charge in [0.25, 0.3) is 0 Å². The van der Waals surface area contributed by atoms with Crippen LogP contribution in [0.3, 0.4) is 0 Å². The first-order chi connectivity index (χ1) is 10.4. The van der Waals surface area contributed by atoms with Crippen molar-refractivity contribution in [3.63, 3.8) is 0 Å². The van der Waals surface area contributed by atoms with Gasteiger partial charge in [-0.1, -0.05) is 0 Å².